The van der Waals surface area contributed by atoms with Gasteiger partial charge in [-0.25, -0.2) is 8.42 Å². The van der Waals surface area contributed by atoms with E-state index in [4.69, 9.17) is 0 Å². The van der Waals surface area contributed by atoms with Crippen molar-refractivity contribution in [1.82, 2.24) is 14.5 Å². The van der Waals surface area contributed by atoms with Crippen molar-refractivity contribution in [2.45, 2.75) is 24.7 Å². The molecule has 0 saturated carbocycles. The molecule has 1 atom stereocenters. The number of thiophene rings is 1. The Labute approximate surface area is 142 Å². The van der Waals surface area contributed by atoms with E-state index in [0.717, 1.165) is 24.2 Å². The summed E-state index contributed by atoms with van der Waals surface area (Å²) in [4.78, 5) is 12.6. The third-order valence-electron chi connectivity index (χ3n) is 3.64. The number of sulfonamides is 1. The number of hydrogen-bond donors (Lipinski definition) is 1. The van der Waals surface area contributed by atoms with Crippen molar-refractivity contribution in [3.63, 3.8) is 0 Å². The van der Waals surface area contributed by atoms with Gasteiger partial charge in [0.2, 0.25) is 15.2 Å². The van der Waals surface area contributed by atoms with E-state index in [2.05, 4.69) is 22.4 Å². The first-order chi connectivity index (χ1) is 11.0. The molecule has 1 N–H and O–H groups in total. The van der Waals surface area contributed by atoms with Crippen LogP contribution < -0.4 is 5.32 Å². The Morgan fingerprint density at radius 3 is 2.96 bits per heavy atom. The highest BCUT2D eigenvalue weighted by molar-refractivity contribution is 7.89. The highest BCUT2D eigenvalue weighted by Crippen LogP contribution is 2.27. The molecule has 3 heterocycles. The van der Waals surface area contributed by atoms with Crippen LogP contribution in [-0.4, -0.2) is 41.9 Å². The Morgan fingerprint density at radius 2 is 2.26 bits per heavy atom. The molecule has 0 aliphatic carbocycles. The molecule has 1 fully saturated rings. The molecule has 2 aromatic heterocycles. The van der Waals surface area contributed by atoms with Crippen molar-refractivity contribution in [1.29, 1.82) is 0 Å². The summed E-state index contributed by atoms with van der Waals surface area (Å²) in [6.45, 7) is 3.12. The van der Waals surface area contributed by atoms with Crippen LogP contribution in [0.3, 0.4) is 0 Å². The monoisotopic (exact) mass is 372 g/mol. The zero-order chi connectivity index (χ0) is 16.4. The van der Waals surface area contributed by atoms with Crippen LogP contribution in [0.5, 0.6) is 0 Å². The summed E-state index contributed by atoms with van der Waals surface area (Å²) in [6.07, 6.45) is 1.92. The van der Waals surface area contributed by atoms with E-state index < -0.39 is 10.0 Å². The molecule has 1 aliphatic rings. The Bertz CT molecular complexity index is 785. The molecule has 0 unspecified atom stereocenters. The molecular weight excluding hydrogens is 356 g/mol. The molecule has 10 heteroatoms. The van der Waals surface area contributed by atoms with Crippen molar-refractivity contribution in [3.05, 3.63) is 21.8 Å². The summed E-state index contributed by atoms with van der Waals surface area (Å²) in [7, 11) is -3.53. The number of rotatable bonds is 4. The van der Waals surface area contributed by atoms with Gasteiger partial charge in [0.05, 0.1) is 9.77 Å². The minimum Gasteiger partial charge on any atom is -0.296 e. The second kappa shape index (κ2) is 6.63. The predicted octanol–water partition coefficient (Wildman–Crippen LogP) is 2.27. The molecule has 2 aromatic rings. The molecule has 23 heavy (non-hydrogen) atoms. The normalized spacial score (nSPS) is 19.6. The first-order valence-electron chi connectivity index (χ1n) is 7.13. The maximum atomic E-state index is 12.7. The molecule has 0 bridgehead atoms. The molecule has 1 aliphatic heterocycles. The average Bonchev–Trinajstić information content (AvgIpc) is 3.18. The second-order valence-electron chi connectivity index (χ2n) is 5.46. The number of carbonyl (C=O) groups is 1. The van der Waals surface area contributed by atoms with Crippen LogP contribution in [0.4, 0.5) is 5.13 Å². The lowest BCUT2D eigenvalue weighted by Gasteiger charge is -2.29. The predicted molar refractivity (Wildman–Crippen MR) is 89.3 cm³/mol. The van der Waals surface area contributed by atoms with Gasteiger partial charge in [-0.05, 0) is 24.8 Å². The highest BCUT2D eigenvalue weighted by Gasteiger charge is 2.30. The lowest BCUT2D eigenvalue weighted by atomic mass is 10.0. The van der Waals surface area contributed by atoms with E-state index in [-0.39, 0.29) is 10.8 Å². The first kappa shape index (κ1) is 16.5. The minimum atomic E-state index is -3.53. The Balaban J connectivity index is 1.76. The third-order valence-corrected chi connectivity index (χ3v) is 7.16. The van der Waals surface area contributed by atoms with E-state index in [1.165, 1.54) is 32.6 Å². The molecule has 3 rings (SSSR count). The van der Waals surface area contributed by atoms with E-state index in [0.29, 0.717) is 29.0 Å². The molecule has 0 aromatic carbocycles. The van der Waals surface area contributed by atoms with Crippen molar-refractivity contribution in [3.8, 4) is 0 Å². The maximum absolute atomic E-state index is 12.7. The zero-order valence-electron chi connectivity index (χ0n) is 12.4. The largest absolute Gasteiger partial charge is 0.296 e. The van der Waals surface area contributed by atoms with Crippen LogP contribution in [-0.2, 0) is 10.0 Å². The van der Waals surface area contributed by atoms with E-state index in [1.54, 1.807) is 0 Å². The van der Waals surface area contributed by atoms with Gasteiger partial charge < -0.3 is 0 Å². The summed E-state index contributed by atoms with van der Waals surface area (Å²) in [5.41, 5.74) is 1.51. The summed E-state index contributed by atoms with van der Waals surface area (Å²) in [5, 5.41) is 11.9. The molecule has 0 spiro atoms. The molecule has 0 radical (unpaired) electrons. The number of carbonyl (C=O) groups excluding carboxylic acids is 1. The van der Waals surface area contributed by atoms with Crippen LogP contribution in [0.1, 0.15) is 29.4 Å². The van der Waals surface area contributed by atoms with E-state index >= 15 is 0 Å². The van der Waals surface area contributed by atoms with Crippen LogP contribution in [0.15, 0.2) is 21.9 Å². The fourth-order valence-corrected chi connectivity index (χ4v) is 5.67. The van der Waals surface area contributed by atoms with Crippen molar-refractivity contribution < 1.29 is 13.2 Å². The first-order valence-corrected chi connectivity index (χ1v) is 10.3. The van der Waals surface area contributed by atoms with Crippen molar-refractivity contribution in [2.24, 2.45) is 5.92 Å². The summed E-state index contributed by atoms with van der Waals surface area (Å²) < 4.78 is 26.8. The third kappa shape index (κ3) is 3.60. The van der Waals surface area contributed by atoms with Gasteiger partial charge in [-0.1, -0.05) is 18.3 Å². The van der Waals surface area contributed by atoms with Gasteiger partial charge in [0, 0.05) is 18.5 Å². The highest BCUT2D eigenvalue weighted by atomic mass is 32.2. The Hall–Kier alpha value is -1.36. The molecular formula is C13H16N4O3S3. The van der Waals surface area contributed by atoms with Gasteiger partial charge in [-0.2, -0.15) is 4.31 Å². The van der Waals surface area contributed by atoms with E-state index in [9.17, 15) is 13.2 Å². The quantitative estimate of drug-likeness (QED) is 0.889. The number of aromatic nitrogens is 2. The maximum Gasteiger partial charge on any atom is 0.267 e. The van der Waals surface area contributed by atoms with Gasteiger partial charge >= 0.3 is 0 Å². The van der Waals surface area contributed by atoms with E-state index in [1.807, 2.05) is 0 Å². The minimum absolute atomic E-state index is 0.180. The molecule has 7 nitrogen and oxygen atoms in total. The van der Waals surface area contributed by atoms with Crippen LogP contribution in [0.25, 0.3) is 0 Å². The number of nitrogens with zero attached hydrogens (tertiary/aromatic N) is 3. The van der Waals surface area contributed by atoms with Crippen molar-refractivity contribution >= 4 is 43.7 Å². The number of amides is 1. The Kier molecular flexibility index (Phi) is 4.76. The standard InChI is InChI=1S/C13H16N4O3S3/c1-9-3-2-4-17(6-9)23(19,20)10-5-11(21-7-10)12(18)15-13-16-14-8-22-13/h5,7-9H,2-4,6H2,1H3,(H,15,16,18)/t9-/m1/s1. The van der Waals surface area contributed by atoms with Crippen LogP contribution in [0.2, 0.25) is 0 Å². The average molecular weight is 372 g/mol. The van der Waals surface area contributed by atoms with Gasteiger partial charge in [0.1, 0.15) is 5.51 Å². The van der Waals surface area contributed by atoms with Gasteiger partial charge in [-0.3, -0.25) is 10.1 Å². The summed E-state index contributed by atoms with van der Waals surface area (Å²) in [5.74, 6) is -0.0162. The lowest BCUT2D eigenvalue weighted by molar-refractivity contribution is 0.103. The summed E-state index contributed by atoms with van der Waals surface area (Å²) >= 11 is 2.31. The van der Waals surface area contributed by atoms with Crippen LogP contribution in [0, 0.1) is 5.92 Å². The SMILES string of the molecule is C[C@@H]1CCCN(S(=O)(=O)c2csc(C(=O)Nc3nncs3)c2)C1. The molecule has 1 amide bonds. The number of hydrogen-bond acceptors (Lipinski definition) is 7. The van der Waals surface area contributed by atoms with Gasteiger partial charge in [0.15, 0.2) is 0 Å². The van der Waals surface area contributed by atoms with Gasteiger partial charge in [0.25, 0.3) is 5.91 Å². The van der Waals surface area contributed by atoms with Gasteiger partial charge in [-0.15, -0.1) is 21.5 Å². The molecule has 124 valence electrons. The number of piperidine rings is 1. The smallest absolute Gasteiger partial charge is 0.267 e. The fraction of sp³-hybridized carbons (Fsp3) is 0.462. The lowest BCUT2D eigenvalue weighted by Crippen LogP contribution is -2.38. The zero-order valence-corrected chi connectivity index (χ0v) is 14.9. The van der Waals surface area contributed by atoms with Crippen molar-refractivity contribution in [2.75, 3.05) is 18.4 Å². The number of nitrogens with one attached hydrogen (secondary N) is 1. The molecule has 1 saturated heterocycles. The summed E-state index contributed by atoms with van der Waals surface area (Å²) in [6, 6.07) is 1.43. The second-order valence-corrected chi connectivity index (χ2v) is 9.14. The number of anilines is 1. The fourth-order valence-electron chi connectivity index (χ4n) is 2.47. The topological polar surface area (TPSA) is 92.3 Å². The Morgan fingerprint density at radius 1 is 1.43 bits per heavy atom. The van der Waals surface area contributed by atoms with Crippen LogP contribution >= 0.6 is 22.7 Å².